The van der Waals surface area contributed by atoms with Gasteiger partial charge in [0.1, 0.15) is 24.2 Å². The number of aliphatic hydroxyl groups is 1. The lowest BCUT2D eigenvalue weighted by Gasteiger charge is -2.02. The average Bonchev–Trinajstić information content (AvgIpc) is 3.45. The number of hydrazine groups is 1. The highest BCUT2D eigenvalue weighted by atomic mass is 79.9. The molecule has 0 amide bonds. The van der Waals surface area contributed by atoms with Crippen molar-refractivity contribution in [2.24, 2.45) is 11.8 Å². The summed E-state index contributed by atoms with van der Waals surface area (Å²) >= 11 is 6.09. The number of benzene rings is 2. The van der Waals surface area contributed by atoms with Crippen LogP contribution in [0.3, 0.4) is 0 Å². The molecule has 3 rings (SSSR count). The molecule has 0 atom stereocenters. The number of nitrogens with two attached hydrogens (primary N) is 1. The quantitative estimate of drug-likeness (QED) is 0.101. The molecule has 0 aliphatic rings. The van der Waals surface area contributed by atoms with E-state index in [0.717, 1.165) is 0 Å². The molecule has 3 aromatic rings. The molecule has 0 aliphatic heterocycles. The van der Waals surface area contributed by atoms with Gasteiger partial charge >= 0.3 is 11.9 Å². The standard InChI is InChI=1S/C12H10BrFN2O2.C6H6BrFN2.C6H8O4.C2H6O/c1-2-18-12(17)8-6-15-16(7-8)9-3-4-10(13)11(14)5-9;7-5-2-1-4(10-9)3-6(5)8;1-2-10-6(9)5(3-7)4-8;1-2-3/h3-7H,2H2,1H3;1-3,10H,9H2;3-5H,2H2,1H3;3H,2H2,1H3. The highest BCUT2D eigenvalue weighted by molar-refractivity contribution is 9.10. The monoisotopic (exact) mass is 706 g/mol. The molecule has 224 valence electrons. The molecule has 0 bridgehead atoms. The first-order chi connectivity index (χ1) is 19.5. The minimum absolute atomic E-state index is 0.178. The number of nitrogens with one attached hydrogen (secondary N) is 1. The van der Waals surface area contributed by atoms with E-state index in [1.54, 1.807) is 45.0 Å². The largest absolute Gasteiger partial charge is 0.465 e. The van der Waals surface area contributed by atoms with Gasteiger partial charge in [0.05, 0.1) is 45.3 Å². The number of aromatic nitrogens is 2. The van der Waals surface area contributed by atoms with Crippen molar-refractivity contribution in [2.45, 2.75) is 20.8 Å². The normalized spacial score (nSPS) is 9.51. The maximum absolute atomic E-state index is 13.4. The molecule has 1 heterocycles. The maximum Gasteiger partial charge on any atom is 0.341 e. The van der Waals surface area contributed by atoms with Gasteiger partial charge in [-0.2, -0.15) is 5.10 Å². The lowest BCUT2D eigenvalue weighted by molar-refractivity contribution is -0.150. The van der Waals surface area contributed by atoms with E-state index in [4.69, 9.17) is 15.7 Å². The van der Waals surface area contributed by atoms with E-state index in [0.29, 0.717) is 32.5 Å². The van der Waals surface area contributed by atoms with Crippen LogP contribution in [0.2, 0.25) is 0 Å². The van der Waals surface area contributed by atoms with Crippen molar-refractivity contribution >= 4 is 62.1 Å². The lowest BCUT2D eigenvalue weighted by atomic mass is 10.2. The smallest absolute Gasteiger partial charge is 0.341 e. The third kappa shape index (κ3) is 14.1. The summed E-state index contributed by atoms with van der Waals surface area (Å²) in [5.41, 5.74) is 3.76. The van der Waals surface area contributed by atoms with Gasteiger partial charge in [0.25, 0.3) is 0 Å². The molecule has 15 heteroatoms. The number of esters is 2. The second-order valence-corrected chi connectivity index (χ2v) is 8.84. The van der Waals surface area contributed by atoms with Crippen molar-refractivity contribution in [1.29, 1.82) is 0 Å². The van der Waals surface area contributed by atoms with Crippen LogP contribution in [0.4, 0.5) is 14.5 Å². The third-order valence-corrected chi connectivity index (χ3v) is 5.49. The zero-order valence-corrected chi connectivity index (χ0v) is 25.5. The minimum Gasteiger partial charge on any atom is -0.465 e. The van der Waals surface area contributed by atoms with E-state index < -0.39 is 17.9 Å². The fourth-order valence-electron chi connectivity index (χ4n) is 2.38. The summed E-state index contributed by atoms with van der Waals surface area (Å²) in [6.07, 6.45) is 3.40. The van der Waals surface area contributed by atoms with Crippen molar-refractivity contribution in [3.8, 4) is 5.69 Å². The Balaban J connectivity index is 0.000000597. The Morgan fingerprint density at radius 2 is 1.56 bits per heavy atom. The number of nitrogen functional groups attached to an aromatic ring is 1. The third-order valence-electron chi connectivity index (χ3n) is 4.20. The van der Waals surface area contributed by atoms with Gasteiger partial charge in [0, 0.05) is 18.9 Å². The zero-order valence-electron chi connectivity index (χ0n) is 22.4. The summed E-state index contributed by atoms with van der Waals surface area (Å²) in [6.45, 7) is 5.74. The van der Waals surface area contributed by atoms with E-state index in [1.165, 1.54) is 29.2 Å². The number of carbonyl (C=O) groups excluding carboxylic acids is 4. The summed E-state index contributed by atoms with van der Waals surface area (Å²) < 4.78 is 37.5. The molecule has 0 unspecified atom stereocenters. The van der Waals surface area contributed by atoms with Crippen molar-refractivity contribution in [1.82, 2.24) is 9.78 Å². The Hall–Kier alpha value is -3.53. The molecular weight excluding hydrogens is 678 g/mol. The number of rotatable bonds is 8. The number of aliphatic hydroxyl groups excluding tert-OH is 1. The molecule has 11 nitrogen and oxygen atoms in total. The van der Waals surface area contributed by atoms with Gasteiger partial charge in [0.2, 0.25) is 0 Å². The van der Waals surface area contributed by atoms with Crippen LogP contribution in [-0.4, -0.2) is 59.2 Å². The minimum atomic E-state index is -1.25. The summed E-state index contributed by atoms with van der Waals surface area (Å²) in [5.74, 6) is 1.85. The Morgan fingerprint density at radius 1 is 1.02 bits per heavy atom. The van der Waals surface area contributed by atoms with Crippen LogP contribution < -0.4 is 11.3 Å². The second-order valence-electron chi connectivity index (χ2n) is 7.13. The van der Waals surface area contributed by atoms with Crippen molar-refractivity contribution in [2.75, 3.05) is 25.2 Å². The number of aldehydes is 2. The number of halogens is 4. The highest BCUT2D eigenvalue weighted by Gasteiger charge is 2.16. The Labute approximate surface area is 252 Å². The predicted molar refractivity (Wildman–Crippen MR) is 154 cm³/mol. The summed E-state index contributed by atoms with van der Waals surface area (Å²) in [5, 5.41) is 11.6. The van der Waals surface area contributed by atoms with Crippen LogP contribution >= 0.6 is 31.9 Å². The molecule has 1 aromatic heterocycles. The Bertz CT molecular complexity index is 1250. The van der Waals surface area contributed by atoms with Gasteiger partial charge in [-0.3, -0.25) is 10.6 Å². The first-order valence-corrected chi connectivity index (χ1v) is 13.4. The molecule has 0 saturated heterocycles. The molecule has 2 aromatic carbocycles. The number of ether oxygens (including phenoxy) is 2. The van der Waals surface area contributed by atoms with Crippen LogP contribution in [0.1, 0.15) is 31.1 Å². The number of nitrogens with zero attached hydrogens (tertiary/aromatic N) is 2. The molecule has 0 spiro atoms. The summed E-state index contributed by atoms with van der Waals surface area (Å²) in [4.78, 5) is 41.8. The molecule has 0 aliphatic carbocycles. The molecule has 0 fully saturated rings. The van der Waals surface area contributed by atoms with Gasteiger partial charge in [-0.15, -0.1) is 0 Å². The number of hydrogen-bond donors (Lipinski definition) is 3. The van der Waals surface area contributed by atoms with E-state index in [2.05, 4.69) is 47.1 Å². The molecular formula is C26H30Br2F2N4O7. The van der Waals surface area contributed by atoms with E-state index in [1.807, 2.05) is 0 Å². The van der Waals surface area contributed by atoms with Crippen LogP contribution in [0.5, 0.6) is 0 Å². The number of anilines is 1. The SMILES string of the molecule is CCO.CCOC(=O)C(C=O)C=O.CCOC(=O)c1cnn(-c2ccc(Br)c(F)c2)c1.NNc1ccc(Br)c(F)c1. The fraction of sp³-hybridized carbons (Fsp3) is 0.269. The van der Waals surface area contributed by atoms with E-state index in [-0.39, 0.29) is 37.4 Å². The number of carbonyl (C=O) groups is 4. The predicted octanol–water partition coefficient (Wildman–Crippen LogP) is 4.39. The average molecular weight is 708 g/mol. The summed E-state index contributed by atoms with van der Waals surface area (Å²) in [6, 6.07) is 9.17. The van der Waals surface area contributed by atoms with E-state index >= 15 is 0 Å². The van der Waals surface area contributed by atoms with Gasteiger partial charge in [0.15, 0.2) is 5.92 Å². The van der Waals surface area contributed by atoms with Crippen molar-refractivity contribution < 1.29 is 42.5 Å². The van der Waals surface area contributed by atoms with Gasteiger partial charge < -0.3 is 29.6 Å². The van der Waals surface area contributed by atoms with Gasteiger partial charge in [-0.1, -0.05) is 0 Å². The van der Waals surface area contributed by atoms with Crippen LogP contribution in [-0.2, 0) is 23.9 Å². The topological polar surface area (TPSA) is 163 Å². The van der Waals surface area contributed by atoms with Crippen LogP contribution in [0.25, 0.3) is 5.69 Å². The van der Waals surface area contributed by atoms with E-state index in [9.17, 15) is 28.0 Å². The Kier molecular flexibility index (Phi) is 19.4. The second kappa shape index (κ2) is 21.2. The number of hydrogen-bond acceptors (Lipinski definition) is 10. The first kappa shape index (κ1) is 37.5. The van der Waals surface area contributed by atoms with Crippen LogP contribution in [0.15, 0.2) is 57.7 Å². The Morgan fingerprint density at radius 3 is 2.02 bits per heavy atom. The highest BCUT2D eigenvalue weighted by Crippen LogP contribution is 2.19. The molecule has 4 N–H and O–H groups in total. The maximum atomic E-state index is 13.4. The molecule has 0 saturated carbocycles. The van der Waals surface area contributed by atoms with Gasteiger partial charge in [-0.05, 0) is 83.0 Å². The lowest BCUT2D eigenvalue weighted by Crippen LogP contribution is -2.19. The zero-order chi connectivity index (χ0) is 31.4. The van der Waals surface area contributed by atoms with Crippen molar-refractivity contribution in [3.63, 3.8) is 0 Å². The van der Waals surface area contributed by atoms with Gasteiger partial charge in [-0.25, -0.2) is 18.3 Å². The molecule has 41 heavy (non-hydrogen) atoms. The fourth-order valence-corrected chi connectivity index (χ4v) is 2.87. The van der Waals surface area contributed by atoms with Crippen molar-refractivity contribution in [3.05, 3.63) is 74.9 Å². The summed E-state index contributed by atoms with van der Waals surface area (Å²) in [7, 11) is 0. The first-order valence-electron chi connectivity index (χ1n) is 11.8. The van der Waals surface area contributed by atoms with Crippen LogP contribution in [0, 0.1) is 17.6 Å². The molecule has 0 radical (unpaired) electrons.